The summed E-state index contributed by atoms with van der Waals surface area (Å²) in [5, 5.41) is 19.7. The fourth-order valence-corrected chi connectivity index (χ4v) is 2.99. The molecule has 2 rings (SSSR count). The molecule has 2 N–H and O–H groups in total. The second kappa shape index (κ2) is 9.66. The smallest absolute Gasteiger partial charge is 0.410 e. The molecule has 1 unspecified atom stereocenters. The molecule has 0 aromatic heterocycles. The average Bonchev–Trinajstić information content (AvgIpc) is 2.64. The Hall–Kier alpha value is -2.45. The van der Waals surface area contributed by atoms with Gasteiger partial charge >= 0.3 is 6.09 Å². The fourth-order valence-electron chi connectivity index (χ4n) is 2.99. The highest BCUT2D eigenvalue weighted by Gasteiger charge is 2.30. The van der Waals surface area contributed by atoms with E-state index in [2.05, 4.69) is 0 Å². The van der Waals surface area contributed by atoms with Crippen molar-refractivity contribution in [1.82, 2.24) is 9.80 Å². The van der Waals surface area contributed by atoms with Crippen LogP contribution in [0.15, 0.2) is 30.3 Å². The van der Waals surface area contributed by atoms with Crippen LogP contribution in [0.4, 0.5) is 4.79 Å². The average molecular weight is 392 g/mol. The van der Waals surface area contributed by atoms with Crippen LogP contribution in [-0.4, -0.2) is 75.7 Å². The lowest BCUT2D eigenvalue weighted by Crippen LogP contribution is -2.53. The minimum absolute atomic E-state index is 0.127. The van der Waals surface area contributed by atoms with E-state index in [1.165, 1.54) is 23.6 Å². The molecule has 154 valence electrons. The third kappa shape index (κ3) is 6.94. The summed E-state index contributed by atoms with van der Waals surface area (Å²) in [6.07, 6.45) is -2.34. The van der Waals surface area contributed by atoms with Crippen molar-refractivity contribution in [3.8, 4) is 0 Å². The summed E-state index contributed by atoms with van der Waals surface area (Å²) >= 11 is 0. The number of hydrogen-bond acceptors (Lipinski definition) is 6. The molecule has 28 heavy (non-hydrogen) atoms. The summed E-state index contributed by atoms with van der Waals surface area (Å²) < 4.78 is 5.28. The highest BCUT2D eigenvalue weighted by Crippen LogP contribution is 2.13. The Morgan fingerprint density at radius 3 is 2.21 bits per heavy atom. The summed E-state index contributed by atoms with van der Waals surface area (Å²) in [6.45, 7) is 4.28. The lowest BCUT2D eigenvalue weighted by atomic mass is 9.98. The van der Waals surface area contributed by atoms with Crippen LogP contribution in [0, 0.1) is 0 Å². The van der Waals surface area contributed by atoms with E-state index in [0.717, 1.165) is 5.56 Å². The predicted molar refractivity (Wildman–Crippen MR) is 101 cm³/mol. The number of aliphatic hydroxyl groups excluding tert-OH is 1. The van der Waals surface area contributed by atoms with Gasteiger partial charge in [0, 0.05) is 39.0 Å². The van der Waals surface area contributed by atoms with Gasteiger partial charge in [-0.3, -0.25) is 9.59 Å². The first-order chi connectivity index (χ1) is 13.2. The lowest BCUT2D eigenvalue weighted by Gasteiger charge is -2.35. The molecule has 0 radical (unpaired) electrons. The van der Waals surface area contributed by atoms with Crippen molar-refractivity contribution in [2.45, 2.75) is 45.0 Å². The van der Waals surface area contributed by atoms with Gasteiger partial charge in [-0.25, -0.2) is 4.79 Å². The SMILES string of the molecule is CC(C)(O)CC(=O)CC(O)C(=O)N1CCN(C(=O)OCc2ccccc2)CC1. The van der Waals surface area contributed by atoms with Gasteiger partial charge in [0.1, 0.15) is 18.5 Å². The van der Waals surface area contributed by atoms with Crippen LogP contribution in [-0.2, 0) is 20.9 Å². The molecule has 1 aromatic rings. The van der Waals surface area contributed by atoms with Crippen LogP contribution in [0.3, 0.4) is 0 Å². The Morgan fingerprint density at radius 2 is 1.64 bits per heavy atom. The van der Waals surface area contributed by atoms with Crippen molar-refractivity contribution < 1.29 is 29.3 Å². The maximum atomic E-state index is 12.3. The van der Waals surface area contributed by atoms with E-state index in [1.54, 1.807) is 0 Å². The summed E-state index contributed by atoms with van der Waals surface area (Å²) in [5.41, 5.74) is -0.283. The van der Waals surface area contributed by atoms with Gasteiger partial charge in [-0.15, -0.1) is 0 Å². The normalized spacial score (nSPS) is 15.9. The van der Waals surface area contributed by atoms with Gasteiger partial charge < -0.3 is 24.7 Å². The molecule has 8 heteroatoms. The number of carbonyl (C=O) groups is 3. The van der Waals surface area contributed by atoms with Crippen molar-refractivity contribution in [1.29, 1.82) is 0 Å². The van der Waals surface area contributed by atoms with Crippen LogP contribution in [0.5, 0.6) is 0 Å². The molecule has 0 aliphatic carbocycles. The van der Waals surface area contributed by atoms with Crippen molar-refractivity contribution in [2.75, 3.05) is 26.2 Å². The van der Waals surface area contributed by atoms with Crippen molar-refractivity contribution in [2.24, 2.45) is 0 Å². The number of piperazine rings is 1. The van der Waals surface area contributed by atoms with Gasteiger partial charge in [-0.1, -0.05) is 30.3 Å². The third-order valence-corrected chi connectivity index (χ3v) is 4.39. The molecule has 1 aliphatic rings. The fraction of sp³-hybridized carbons (Fsp3) is 0.550. The number of ether oxygens (including phenoxy) is 1. The molecule has 1 fully saturated rings. The quantitative estimate of drug-likeness (QED) is 0.715. The Kier molecular flexibility index (Phi) is 7.53. The largest absolute Gasteiger partial charge is 0.445 e. The van der Waals surface area contributed by atoms with Gasteiger partial charge in [0.05, 0.1) is 5.60 Å². The Labute approximate surface area is 164 Å². The zero-order valence-electron chi connectivity index (χ0n) is 16.3. The van der Waals surface area contributed by atoms with Gasteiger partial charge in [0.2, 0.25) is 0 Å². The van der Waals surface area contributed by atoms with Gasteiger partial charge in [0.25, 0.3) is 5.91 Å². The lowest BCUT2D eigenvalue weighted by molar-refractivity contribution is -0.145. The first-order valence-corrected chi connectivity index (χ1v) is 9.32. The molecule has 2 amide bonds. The molecule has 1 aromatic carbocycles. The zero-order valence-corrected chi connectivity index (χ0v) is 16.3. The second-order valence-electron chi connectivity index (χ2n) is 7.60. The summed E-state index contributed by atoms with van der Waals surface area (Å²) in [5.74, 6) is -0.919. The molecule has 0 spiro atoms. The van der Waals surface area contributed by atoms with E-state index in [4.69, 9.17) is 4.74 Å². The number of carbonyl (C=O) groups excluding carboxylic acids is 3. The number of ketones is 1. The molecule has 1 atom stereocenters. The highest BCUT2D eigenvalue weighted by molar-refractivity contribution is 5.88. The monoisotopic (exact) mass is 392 g/mol. The first kappa shape index (κ1) is 21.8. The topological polar surface area (TPSA) is 107 Å². The van der Waals surface area contributed by atoms with E-state index in [0.29, 0.717) is 13.1 Å². The molecular formula is C20H28N2O6. The molecule has 1 heterocycles. The molecular weight excluding hydrogens is 364 g/mol. The number of amides is 2. The van der Waals surface area contributed by atoms with Crippen molar-refractivity contribution in [3.63, 3.8) is 0 Å². The van der Waals surface area contributed by atoms with Gasteiger partial charge in [0.15, 0.2) is 0 Å². The van der Waals surface area contributed by atoms with E-state index < -0.39 is 23.7 Å². The van der Waals surface area contributed by atoms with Crippen LogP contribution in [0.1, 0.15) is 32.3 Å². The third-order valence-electron chi connectivity index (χ3n) is 4.39. The van der Waals surface area contributed by atoms with E-state index in [1.807, 2.05) is 30.3 Å². The van der Waals surface area contributed by atoms with E-state index in [-0.39, 0.29) is 38.3 Å². The first-order valence-electron chi connectivity index (χ1n) is 9.32. The molecule has 1 aliphatic heterocycles. The predicted octanol–water partition coefficient (Wildman–Crippen LogP) is 0.948. The van der Waals surface area contributed by atoms with Crippen LogP contribution in [0.25, 0.3) is 0 Å². The Balaban J connectivity index is 1.75. The summed E-state index contributed by atoms with van der Waals surface area (Å²) in [6, 6.07) is 9.35. The van der Waals surface area contributed by atoms with Gasteiger partial charge in [-0.2, -0.15) is 0 Å². The van der Waals surface area contributed by atoms with E-state index in [9.17, 15) is 24.6 Å². The molecule has 0 saturated carbocycles. The minimum atomic E-state index is -1.44. The number of hydrogen-bond donors (Lipinski definition) is 2. The number of nitrogens with zero attached hydrogens (tertiary/aromatic N) is 2. The van der Waals surface area contributed by atoms with Crippen molar-refractivity contribution in [3.05, 3.63) is 35.9 Å². The van der Waals surface area contributed by atoms with E-state index >= 15 is 0 Å². The zero-order chi connectivity index (χ0) is 20.7. The Bertz CT molecular complexity index is 678. The summed E-state index contributed by atoms with van der Waals surface area (Å²) in [7, 11) is 0. The number of aliphatic hydroxyl groups is 2. The van der Waals surface area contributed by atoms with Gasteiger partial charge in [-0.05, 0) is 19.4 Å². The maximum absolute atomic E-state index is 12.3. The highest BCUT2D eigenvalue weighted by atomic mass is 16.6. The minimum Gasteiger partial charge on any atom is -0.445 e. The van der Waals surface area contributed by atoms with Crippen molar-refractivity contribution >= 4 is 17.8 Å². The number of Topliss-reactive ketones (excluding diaryl/α,β-unsaturated/α-hetero) is 1. The molecule has 0 bridgehead atoms. The molecule has 8 nitrogen and oxygen atoms in total. The Morgan fingerprint density at radius 1 is 1.07 bits per heavy atom. The van der Waals surface area contributed by atoms with Crippen LogP contribution < -0.4 is 0 Å². The maximum Gasteiger partial charge on any atom is 0.410 e. The van der Waals surface area contributed by atoms with Crippen LogP contribution >= 0.6 is 0 Å². The second-order valence-corrected chi connectivity index (χ2v) is 7.60. The standard InChI is InChI=1S/C20H28N2O6/c1-20(2,27)13-16(23)12-17(24)18(25)21-8-10-22(11-9-21)19(26)28-14-15-6-4-3-5-7-15/h3-7,17,24,27H,8-14H2,1-2H3. The number of rotatable bonds is 7. The number of benzene rings is 1. The van der Waals surface area contributed by atoms with Crippen LogP contribution in [0.2, 0.25) is 0 Å². The summed E-state index contributed by atoms with van der Waals surface area (Å²) in [4.78, 5) is 39.2. The molecule has 1 saturated heterocycles.